The van der Waals surface area contributed by atoms with Crippen LogP contribution in [-0.2, 0) is 16.0 Å². The minimum absolute atomic E-state index is 0.250. The molecule has 0 saturated carbocycles. The van der Waals surface area contributed by atoms with Crippen molar-refractivity contribution in [2.45, 2.75) is 75.7 Å². The standard InChI is InChI=1S/C25H18N2O2.C21H14N2O2.C16H15BrN2O3.C16H16N2O3.C15H14N2O2.CO2/c1-17-20(24-26-15-22(28-24)18-9-4-2-5-10-18)13-8-14-21(17)25-27-16-23(29-25)19-11-6-3-7-12-19;1-13-14(20-22-16-9-2-4-11-18(16)24-20)7-6-8-15(13)21-23-17-10-3-5-12-19(17)25-21;1-3-10-9-21-16(19-10)12-7-5-6-11(14(12)17)15-18-8-13(22-15)20-4-2;1-4-19-14-9-18-16(21-14)13-7-5-6-12(11(13)3)15-17-8-10(2)20-15;1-9-7-16-14(18-9)12-5-4-6-13(11(12)3)15-17-8-10(2)19-15;2-1-3/h2-16H,1H3;2-12H,1H3;5-9H,3-4H2,1-2H3;5-9H,4H2,1-3H3;4-8H,1-3H3;. The van der Waals surface area contributed by atoms with Gasteiger partial charge in [0.25, 0.3) is 0 Å². The van der Waals surface area contributed by atoms with E-state index < -0.39 is 0 Å². The van der Waals surface area contributed by atoms with E-state index in [1.807, 2.05) is 269 Å². The van der Waals surface area contributed by atoms with Crippen LogP contribution in [-0.4, -0.2) is 69.2 Å². The maximum Gasteiger partial charge on any atom is 0.373 e. The van der Waals surface area contributed by atoms with Crippen molar-refractivity contribution in [1.82, 2.24) is 49.8 Å². The number of rotatable bonds is 17. The average molecular weight is 1650 g/mol. The second-order valence-electron chi connectivity index (χ2n) is 26.6. The van der Waals surface area contributed by atoms with Gasteiger partial charge in [-0.2, -0.15) is 9.59 Å². The number of hydrogen-bond donors (Lipinski definition) is 0. The number of para-hydroxylation sites is 4. The molecule has 19 rings (SSSR count). The van der Waals surface area contributed by atoms with E-state index in [2.05, 4.69) is 65.8 Å². The summed E-state index contributed by atoms with van der Waals surface area (Å²) in [4.78, 5) is 60.2. The molecule has 0 bridgehead atoms. The molecule has 0 amide bonds. The van der Waals surface area contributed by atoms with Crippen LogP contribution >= 0.6 is 15.9 Å². The van der Waals surface area contributed by atoms with Gasteiger partial charge in [-0.3, -0.25) is 0 Å². The van der Waals surface area contributed by atoms with Crippen molar-refractivity contribution in [3.63, 3.8) is 0 Å². The Morgan fingerprint density at radius 2 is 0.613 bits per heavy atom. The molecule has 0 aliphatic rings. The Kier molecular flexibility index (Phi) is 25.5. The monoisotopic (exact) mass is 1650 g/mol. The molecule has 10 heterocycles. The zero-order valence-corrected chi connectivity index (χ0v) is 67.9. The molecular weight excluding hydrogens is 1570 g/mol. The zero-order chi connectivity index (χ0) is 82.9. The van der Waals surface area contributed by atoms with Gasteiger partial charge in [-0.1, -0.05) is 122 Å². The van der Waals surface area contributed by atoms with Crippen molar-refractivity contribution in [2.24, 2.45) is 0 Å². The molecule has 9 aromatic carbocycles. The summed E-state index contributed by atoms with van der Waals surface area (Å²) in [6.07, 6.45) is 14.6. The number of oxazole rings is 10. The molecule has 0 fully saturated rings. The van der Waals surface area contributed by atoms with E-state index in [1.54, 1.807) is 49.6 Å². The largest absolute Gasteiger partial charge is 0.464 e. The van der Waals surface area contributed by atoms with E-state index in [0.717, 1.165) is 157 Å². The van der Waals surface area contributed by atoms with Crippen LogP contribution in [0, 0.1) is 48.5 Å². The number of hydrogen-bond acceptors (Lipinski definition) is 24. The van der Waals surface area contributed by atoms with E-state index in [9.17, 15) is 0 Å². The minimum atomic E-state index is 0.250. The maximum atomic E-state index is 8.12. The fourth-order valence-electron chi connectivity index (χ4n) is 12.7. The number of nitrogens with zero attached hydrogens (tertiary/aromatic N) is 10. The third-order valence-electron chi connectivity index (χ3n) is 18.7. The molecule has 10 aromatic heterocycles. The third-order valence-corrected chi connectivity index (χ3v) is 19.5. The van der Waals surface area contributed by atoms with Gasteiger partial charge in [0.2, 0.25) is 58.9 Å². The predicted octanol–water partition coefficient (Wildman–Crippen LogP) is 24.3. The molecule has 594 valence electrons. The van der Waals surface area contributed by atoms with Crippen molar-refractivity contribution >= 4 is 44.3 Å². The highest BCUT2D eigenvalue weighted by molar-refractivity contribution is 9.10. The number of benzene rings is 9. The molecule has 0 radical (unpaired) electrons. The molecule has 0 saturated heterocycles. The first-order valence-corrected chi connectivity index (χ1v) is 38.7. The summed E-state index contributed by atoms with van der Waals surface area (Å²) in [5.74, 6) is 10.5. The Labute approximate surface area is 690 Å². The number of fused-ring (bicyclic) bond motifs is 2. The van der Waals surface area contributed by atoms with Crippen molar-refractivity contribution in [3.8, 4) is 149 Å². The minimum Gasteiger partial charge on any atom is -0.464 e. The first kappa shape index (κ1) is 80.7. The van der Waals surface area contributed by atoms with Crippen molar-refractivity contribution in [3.05, 3.63) is 300 Å². The topological polar surface area (TPSA) is 313 Å². The van der Waals surface area contributed by atoms with Gasteiger partial charge in [0, 0.05) is 60.1 Å². The highest BCUT2D eigenvalue weighted by atomic mass is 79.9. The van der Waals surface area contributed by atoms with E-state index in [4.69, 9.17) is 63.2 Å². The van der Waals surface area contributed by atoms with Gasteiger partial charge < -0.3 is 53.6 Å². The molecule has 0 aliphatic carbocycles. The first-order valence-electron chi connectivity index (χ1n) is 37.9. The van der Waals surface area contributed by atoms with Crippen molar-refractivity contribution < 1.29 is 63.2 Å². The van der Waals surface area contributed by atoms with Crippen LogP contribution in [0.4, 0.5) is 0 Å². The lowest BCUT2D eigenvalue weighted by Crippen LogP contribution is -1.89. The normalized spacial score (nSPS) is 10.8. The summed E-state index contributed by atoms with van der Waals surface area (Å²) in [7, 11) is 0. The van der Waals surface area contributed by atoms with Crippen LogP contribution in [0.25, 0.3) is 159 Å². The smallest absolute Gasteiger partial charge is 0.373 e. The number of carbonyl (C=O) groups excluding carboxylic acids is 2. The van der Waals surface area contributed by atoms with Gasteiger partial charge in [-0.25, -0.2) is 49.8 Å². The van der Waals surface area contributed by atoms with Crippen LogP contribution in [0.3, 0.4) is 0 Å². The Hall–Kier alpha value is -14.9. The van der Waals surface area contributed by atoms with E-state index >= 15 is 0 Å². The Morgan fingerprint density at radius 3 is 0.950 bits per heavy atom. The summed E-state index contributed by atoms with van der Waals surface area (Å²) in [5, 5.41) is 0. The van der Waals surface area contributed by atoms with Gasteiger partial charge in [0.05, 0.1) is 61.0 Å². The van der Waals surface area contributed by atoms with Crippen molar-refractivity contribution in [1.29, 1.82) is 0 Å². The molecule has 0 spiro atoms. The van der Waals surface area contributed by atoms with Crippen LogP contribution in [0.15, 0.2) is 298 Å². The lowest BCUT2D eigenvalue weighted by Gasteiger charge is -2.06. The summed E-state index contributed by atoms with van der Waals surface area (Å²) >= 11 is 3.59. The molecule has 19 aromatic rings. The SMILES string of the molecule is CCOc1cnc(-c2cccc(-c3nc(CC)co3)c2Br)o1.CCOc1cnc(-c2cccc(-c3ncc(C)o3)c2C)o1.Cc1c(-c2nc3ccccc3o2)cccc1-c1nc2ccccc2o1.Cc1c(-c2ncc(-c3ccccc3)o2)cccc1-c1ncc(-c2ccccc2)o1.Cc1cnc(-c2cccc(-c3ncc(C)o3)c2C)o1.O=C=O. The lowest BCUT2D eigenvalue weighted by molar-refractivity contribution is -0.191. The quantitative estimate of drug-likeness (QED) is 0.0817. The second kappa shape index (κ2) is 37.6. The van der Waals surface area contributed by atoms with Gasteiger partial charge in [0.1, 0.15) is 47.0 Å². The van der Waals surface area contributed by atoms with Crippen LogP contribution in [0.5, 0.6) is 11.9 Å². The Morgan fingerprint density at radius 1 is 0.311 bits per heavy atom. The van der Waals surface area contributed by atoms with E-state index in [-0.39, 0.29) is 6.15 Å². The summed E-state index contributed by atoms with van der Waals surface area (Å²) < 4.78 is 68.9. The molecule has 0 N–H and O–H groups in total. The predicted molar refractivity (Wildman–Crippen MR) is 451 cm³/mol. The number of aromatic nitrogens is 10. The molecule has 0 aliphatic heterocycles. The number of ether oxygens (including phenoxy) is 2. The Bertz CT molecular complexity index is 6330. The number of halogens is 1. The highest BCUT2D eigenvalue weighted by Crippen LogP contribution is 2.41. The van der Waals surface area contributed by atoms with E-state index in [1.165, 1.54) is 0 Å². The van der Waals surface area contributed by atoms with Gasteiger partial charge in [-0.05, 0) is 192 Å². The average Bonchev–Trinajstić information content (AvgIpc) is 1.91. The fraction of sp³-hybridized carbons (Fsp3) is 0.138. The molecular formula is C94H77BrN10O14. The first-order chi connectivity index (χ1) is 58.1. The number of aryl methyl sites for hydroxylation is 4. The highest BCUT2D eigenvalue weighted by Gasteiger charge is 2.23. The molecule has 0 unspecified atom stereocenters. The van der Waals surface area contributed by atoms with Crippen LogP contribution in [0.1, 0.15) is 66.0 Å². The fourth-order valence-corrected chi connectivity index (χ4v) is 13.3. The molecule has 119 heavy (non-hydrogen) atoms. The molecule has 0 atom stereocenters. The molecule has 24 nitrogen and oxygen atoms in total. The van der Waals surface area contributed by atoms with E-state index in [0.29, 0.717) is 84.0 Å². The van der Waals surface area contributed by atoms with Crippen LogP contribution in [0.2, 0.25) is 0 Å². The maximum absolute atomic E-state index is 8.12. The summed E-state index contributed by atoms with van der Waals surface area (Å²) in [6, 6.07) is 64.9. The Balaban J connectivity index is 0.000000122. The zero-order valence-electron chi connectivity index (χ0n) is 66.4. The second-order valence-corrected chi connectivity index (χ2v) is 27.4. The van der Waals surface area contributed by atoms with Gasteiger partial charge >= 0.3 is 18.0 Å². The third kappa shape index (κ3) is 18.7. The summed E-state index contributed by atoms with van der Waals surface area (Å²) in [6.45, 7) is 20.6. The van der Waals surface area contributed by atoms with Crippen LogP contribution < -0.4 is 9.47 Å². The van der Waals surface area contributed by atoms with Gasteiger partial charge in [-0.15, -0.1) is 0 Å². The lowest BCUT2D eigenvalue weighted by atomic mass is 10.0. The van der Waals surface area contributed by atoms with Gasteiger partial charge in [0.15, 0.2) is 22.7 Å². The summed E-state index contributed by atoms with van der Waals surface area (Å²) in [5.41, 5.74) is 19.4. The molecule has 25 heteroatoms. The van der Waals surface area contributed by atoms with Crippen molar-refractivity contribution in [2.75, 3.05) is 13.2 Å².